The SMILES string of the molecule is Cc1ccc(Nc2ccc(Br)cn2)c(F)c1. The summed E-state index contributed by atoms with van der Waals surface area (Å²) in [5.41, 5.74) is 1.33. The molecule has 0 amide bonds. The molecule has 1 N–H and O–H groups in total. The number of nitrogens with zero attached hydrogens (tertiary/aromatic N) is 1. The molecule has 0 aliphatic carbocycles. The number of aryl methyl sites for hydroxylation is 1. The number of benzene rings is 1. The van der Waals surface area contributed by atoms with Crippen molar-refractivity contribution in [2.24, 2.45) is 0 Å². The summed E-state index contributed by atoms with van der Waals surface area (Å²) in [6.45, 7) is 1.85. The summed E-state index contributed by atoms with van der Waals surface area (Å²) < 4.78 is 14.4. The molecule has 0 saturated carbocycles. The molecule has 0 atom stereocenters. The minimum absolute atomic E-state index is 0.273. The van der Waals surface area contributed by atoms with E-state index < -0.39 is 0 Å². The maximum absolute atomic E-state index is 13.5. The highest BCUT2D eigenvalue weighted by Gasteiger charge is 2.02. The standard InChI is InChI=1S/C12H10BrFN2/c1-8-2-4-11(10(14)6-8)16-12-5-3-9(13)7-15-12/h2-7H,1H3,(H,15,16). The van der Waals surface area contributed by atoms with Gasteiger partial charge in [-0.05, 0) is 52.7 Å². The predicted molar refractivity (Wildman–Crippen MR) is 66.4 cm³/mol. The van der Waals surface area contributed by atoms with E-state index in [2.05, 4.69) is 26.2 Å². The number of halogens is 2. The molecular weight excluding hydrogens is 271 g/mol. The normalized spacial score (nSPS) is 10.2. The minimum Gasteiger partial charge on any atom is -0.338 e. The second-order valence-electron chi connectivity index (χ2n) is 3.47. The lowest BCUT2D eigenvalue weighted by atomic mass is 10.2. The molecule has 1 aromatic carbocycles. The Balaban J connectivity index is 2.23. The monoisotopic (exact) mass is 280 g/mol. The fraction of sp³-hybridized carbons (Fsp3) is 0.0833. The van der Waals surface area contributed by atoms with Crippen molar-refractivity contribution < 1.29 is 4.39 Å². The molecule has 2 rings (SSSR count). The molecular formula is C12H10BrFN2. The van der Waals surface area contributed by atoms with Gasteiger partial charge in [0.1, 0.15) is 11.6 Å². The van der Waals surface area contributed by atoms with Crippen molar-refractivity contribution in [1.29, 1.82) is 0 Å². The van der Waals surface area contributed by atoms with Gasteiger partial charge in [-0.3, -0.25) is 0 Å². The molecule has 4 heteroatoms. The Morgan fingerprint density at radius 1 is 1.25 bits per heavy atom. The first-order valence-corrected chi connectivity index (χ1v) is 5.59. The zero-order chi connectivity index (χ0) is 11.5. The fourth-order valence-electron chi connectivity index (χ4n) is 1.31. The van der Waals surface area contributed by atoms with Crippen LogP contribution in [-0.4, -0.2) is 4.98 Å². The highest BCUT2D eigenvalue weighted by molar-refractivity contribution is 9.10. The average molecular weight is 281 g/mol. The molecule has 0 radical (unpaired) electrons. The van der Waals surface area contributed by atoms with E-state index in [1.165, 1.54) is 6.07 Å². The molecule has 82 valence electrons. The number of rotatable bonds is 2. The van der Waals surface area contributed by atoms with Crippen molar-refractivity contribution >= 4 is 27.4 Å². The molecule has 0 unspecified atom stereocenters. The van der Waals surface area contributed by atoms with Crippen LogP contribution >= 0.6 is 15.9 Å². The summed E-state index contributed by atoms with van der Waals surface area (Å²) >= 11 is 3.29. The zero-order valence-electron chi connectivity index (χ0n) is 8.67. The topological polar surface area (TPSA) is 24.9 Å². The second-order valence-corrected chi connectivity index (χ2v) is 4.39. The molecule has 0 fully saturated rings. The van der Waals surface area contributed by atoms with Crippen LogP contribution in [-0.2, 0) is 0 Å². The lowest BCUT2D eigenvalue weighted by Crippen LogP contribution is -1.96. The number of aromatic nitrogens is 1. The molecule has 16 heavy (non-hydrogen) atoms. The van der Waals surface area contributed by atoms with Gasteiger partial charge in [-0.15, -0.1) is 0 Å². The van der Waals surface area contributed by atoms with Gasteiger partial charge in [-0.25, -0.2) is 9.37 Å². The van der Waals surface area contributed by atoms with Crippen molar-refractivity contribution in [2.45, 2.75) is 6.92 Å². The van der Waals surface area contributed by atoms with E-state index >= 15 is 0 Å². The molecule has 0 aliphatic rings. The zero-order valence-corrected chi connectivity index (χ0v) is 10.3. The average Bonchev–Trinajstić information content (AvgIpc) is 2.25. The molecule has 1 heterocycles. The van der Waals surface area contributed by atoms with Crippen molar-refractivity contribution in [3.05, 3.63) is 52.4 Å². The van der Waals surface area contributed by atoms with E-state index in [1.54, 1.807) is 18.3 Å². The van der Waals surface area contributed by atoms with E-state index in [-0.39, 0.29) is 5.82 Å². The van der Waals surface area contributed by atoms with Crippen LogP contribution in [0.1, 0.15) is 5.56 Å². The molecule has 2 aromatic rings. The number of hydrogen-bond acceptors (Lipinski definition) is 2. The summed E-state index contributed by atoms with van der Waals surface area (Å²) in [6, 6.07) is 8.67. The van der Waals surface area contributed by atoms with Gasteiger partial charge in [0.15, 0.2) is 0 Å². The third-order valence-electron chi connectivity index (χ3n) is 2.11. The summed E-state index contributed by atoms with van der Waals surface area (Å²) in [6.07, 6.45) is 1.66. The maximum Gasteiger partial charge on any atom is 0.146 e. The fourth-order valence-corrected chi connectivity index (χ4v) is 1.54. The van der Waals surface area contributed by atoms with Crippen LogP contribution in [0.4, 0.5) is 15.9 Å². The van der Waals surface area contributed by atoms with E-state index in [0.29, 0.717) is 11.5 Å². The Kier molecular flexibility index (Phi) is 3.19. The van der Waals surface area contributed by atoms with Gasteiger partial charge < -0.3 is 5.32 Å². The summed E-state index contributed by atoms with van der Waals surface area (Å²) in [5, 5.41) is 2.92. The van der Waals surface area contributed by atoms with Crippen LogP contribution in [0.25, 0.3) is 0 Å². The van der Waals surface area contributed by atoms with Crippen LogP contribution in [0.3, 0.4) is 0 Å². The van der Waals surface area contributed by atoms with Gasteiger partial charge >= 0.3 is 0 Å². The lowest BCUT2D eigenvalue weighted by molar-refractivity contribution is 0.630. The van der Waals surface area contributed by atoms with Crippen LogP contribution in [0.5, 0.6) is 0 Å². The van der Waals surface area contributed by atoms with Gasteiger partial charge in [0.25, 0.3) is 0 Å². The molecule has 0 saturated heterocycles. The first kappa shape index (κ1) is 11.1. The van der Waals surface area contributed by atoms with Gasteiger partial charge in [0, 0.05) is 10.7 Å². The minimum atomic E-state index is -0.273. The van der Waals surface area contributed by atoms with Gasteiger partial charge in [-0.1, -0.05) is 6.07 Å². The van der Waals surface area contributed by atoms with E-state index in [9.17, 15) is 4.39 Å². The predicted octanol–water partition coefficient (Wildman–Crippen LogP) is 4.04. The number of anilines is 2. The molecule has 0 aliphatic heterocycles. The quantitative estimate of drug-likeness (QED) is 0.898. The smallest absolute Gasteiger partial charge is 0.146 e. The largest absolute Gasteiger partial charge is 0.338 e. The van der Waals surface area contributed by atoms with E-state index in [4.69, 9.17) is 0 Å². The highest BCUT2D eigenvalue weighted by atomic mass is 79.9. The molecule has 0 spiro atoms. The van der Waals surface area contributed by atoms with Gasteiger partial charge in [-0.2, -0.15) is 0 Å². The van der Waals surface area contributed by atoms with Gasteiger partial charge in [0.05, 0.1) is 5.69 Å². The Bertz CT molecular complexity index is 497. The summed E-state index contributed by atoms with van der Waals surface area (Å²) in [4.78, 5) is 4.11. The van der Waals surface area contributed by atoms with Crippen molar-refractivity contribution in [3.63, 3.8) is 0 Å². The van der Waals surface area contributed by atoms with Crippen LogP contribution in [0.15, 0.2) is 41.0 Å². The van der Waals surface area contributed by atoms with Crippen molar-refractivity contribution in [2.75, 3.05) is 5.32 Å². The summed E-state index contributed by atoms with van der Waals surface area (Å²) in [7, 11) is 0. The van der Waals surface area contributed by atoms with Gasteiger partial charge in [0.2, 0.25) is 0 Å². The third kappa shape index (κ3) is 2.58. The number of pyridine rings is 1. The first-order chi connectivity index (χ1) is 7.65. The van der Waals surface area contributed by atoms with Crippen LogP contribution in [0, 0.1) is 12.7 Å². The Hall–Kier alpha value is -1.42. The molecule has 0 bridgehead atoms. The first-order valence-electron chi connectivity index (χ1n) is 4.80. The second kappa shape index (κ2) is 4.61. The Labute approximate surface area is 102 Å². The third-order valence-corrected chi connectivity index (χ3v) is 2.58. The number of nitrogens with one attached hydrogen (secondary N) is 1. The Morgan fingerprint density at radius 2 is 2.06 bits per heavy atom. The molecule has 2 nitrogen and oxygen atoms in total. The molecule has 1 aromatic heterocycles. The van der Waals surface area contributed by atoms with Crippen LogP contribution < -0.4 is 5.32 Å². The van der Waals surface area contributed by atoms with Crippen molar-refractivity contribution in [1.82, 2.24) is 4.98 Å². The number of hydrogen-bond donors (Lipinski definition) is 1. The van der Waals surface area contributed by atoms with E-state index in [0.717, 1.165) is 10.0 Å². The Morgan fingerprint density at radius 3 is 2.69 bits per heavy atom. The van der Waals surface area contributed by atoms with Crippen molar-refractivity contribution in [3.8, 4) is 0 Å². The lowest BCUT2D eigenvalue weighted by Gasteiger charge is -2.07. The maximum atomic E-state index is 13.5. The summed E-state index contributed by atoms with van der Waals surface area (Å²) in [5.74, 6) is 0.343. The van der Waals surface area contributed by atoms with E-state index in [1.807, 2.05) is 19.1 Å². The van der Waals surface area contributed by atoms with Crippen LogP contribution in [0.2, 0.25) is 0 Å². The highest BCUT2D eigenvalue weighted by Crippen LogP contribution is 2.20.